The number of hydrogen-bond acceptors (Lipinski definition) is 4. The van der Waals surface area contributed by atoms with Crippen LogP contribution in [-0.4, -0.2) is 43.8 Å². The average molecular weight is 396 g/mol. The fraction of sp³-hybridized carbons (Fsp3) is 0.545. The topological polar surface area (TPSA) is 80.1 Å². The van der Waals surface area contributed by atoms with E-state index in [1.165, 1.54) is 6.42 Å². The van der Waals surface area contributed by atoms with Crippen LogP contribution in [0.5, 0.6) is 0 Å². The summed E-state index contributed by atoms with van der Waals surface area (Å²) in [5, 5.41) is 2.94. The Morgan fingerprint density at radius 3 is 2.86 bits per heavy atom. The van der Waals surface area contributed by atoms with E-state index in [9.17, 15) is 9.59 Å². The van der Waals surface area contributed by atoms with E-state index in [0.717, 1.165) is 62.9 Å². The molecule has 29 heavy (non-hydrogen) atoms. The molecule has 0 bridgehead atoms. The first-order valence-electron chi connectivity index (χ1n) is 10.8. The van der Waals surface area contributed by atoms with Crippen molar-refractivity contribution in [3.63, 3.8) is 0 Å². The van der Waals surface area contributed by atoms with Gasteiger partial charge >= 0.3 is 0 Å². The zero-order chi connectivity index (χ0) is 20.2. The van der Waals surface area contributed by atoms with E-state index < -0.39 is 0 Å². The number of carbonyl (C=O) groups excluding carboxylic acids is 2. The van der Waals surface area contributed by atoms with Crippen molar-refractivity contribution in [3.8, 4) is 0 Å². The first-order chi connectivity index (χ1) is 14.2. The first-order valence-corrected chi connectivity index (χ1v) is 10.8. The van der Waals surface area contributed by atoms with Gasteiger partial charge in [0.2, 0.25) is 0 Å². The predicted octanol–water partition coefficient (Wildman–Crippen LogP) is 2.95. The highest BCUT2D eigenvalue weighted by Crippen LogP contribution is 2.25. The van der Waals surface area contributed by atoms with Crippen LogP contribution in [0.3, 0.4) is 0 Å². The van der Waals surface area contributed by atoms with Gasteiger partial charge in [-0.15, -0.1) is 0 Å². The van der Waals surface area contributed by atoms with Gasteiger partial charge in [-0.2, -0.15) is 0 Å². The molecule has 2 aromatic heterocycles. The van der Waals surface area contributed by atoms with Gasteiger partial charge in [0.1, 0.15) is 5.69 Å². The summed E-state index contributed by atoms with van der Waals surface area (Å²) in [6.07, 6.45) is 10.5. The van der Waals surface area contributed by atoms with Crippen LogP contribution < -0.4 is 5.32 Å². The van der Waals surface area contributed by atoms with Gasteiger partial charge in [-0.3, -0.25) is 14.6 Å². The van der Waals surface area contributed by atoms with Crippen LogP contribution in [0.1, 0.15) is 77.8 Å². The Morgan fingerprint density at radius 2 is 2.07 bits per heavy atom. The Balaban J connectivity index is 1.58. The van der Waals surface area contributed by atoms with E-state index in [1.807, 2.05) is 21.6 Å². The van der Waals surface area contributed by atoms with Gasteiger partial charge in [-0.25, -0.2) is 4.98 Å². The van der Waals surface area contributed by atoms with Gasteiger partial charge in [-0.1, -0.05) is 13.0 Å². The molecule has 0 aliphatic carbocycles. The second-order valence-corrected chi connectivity index (χ2v) is 7.94. The fourth-order valence-corrected chi connectivity index (χ4v) is 4.48. The first kappa shape index (κ1) is 19.6. The molecule has 0 saturated carbocycles. The van der Waals surface area contributed by atoms with E-state index in [4.69, 9.17) is 0 Å². The smallest absolute Gasteiger partial charge is 0.290 e. The SMILES string of the molecule is CCC1CCCCN1C(=O)c1nc(C(=O)NCc2cccnc2)c2n1CCCC2. The average Bonchev–Trinajstić information content (AvgIpc) is 3.17. The van der Waals surface area contributed by atoms with Gasteiger partial charge in [0, 0.05) is 38.1 Å². The molecule has 1 fully saturated rings. The molecule has 0 spiro atoms. The lowest BCUT2D eigenvalue weighted by Gasteiger charge is -2.35. The van der Waals surface area contributed by atoms with Gasteiger partial charge in [0.05, 0.1) is 5.69 Å². The normalized spacial score (nSPS) is 18.9. The van der Waals surface area contributed by atoms with Gasteiger partial charge in [0.25, 0.3) is 11.8 Å². The Bertz CT molecular complexity index is 877. The Morgan fingerprint density at radius 1 is 1.21 bits per heavy atom. The van der Waals surface area contributed by atoms with Crippen LogP contribution in [0.2, 0.25) is 0 Å². The van der Waals surface area contributed by atoms with Crippen LogP contribution in [-0.2, 0) is 19.5 Å². The second kappa shape index (κ2) is 8.76. The zero-order valence-electron chi connectivity index (χ0n) is 17.1. The molecular formula is C22H29N5O2. The molecule has 2 aliphatic rings. The van der Waals surface area contributed by atoms with E-state index in [1.54, 1.807) is 12.4 Å². The van der Waals surface area contributed by atoms with Crippen molar-refractivity contribution < 1.29 is 9.59 Å². The summed E-state index contributed by atoms with van der Waals surface area (Å²) in [6.45, 7) is 4.06. The number of likely N-dealkylation sites (tertiary alicyclic amines) is 1. The van der Waals surface area contributed by atoms with Gasteiger partial charge in [0.15, 0.2) is 5.82 Å². The minimum Gasteiger partial charge on any atom is -0.347 e. The number of fused-ring (bicyclic) bond motifs is 1. The molecule has 0 aromatic carbocycles. The fourth-order valence-electron chi connectivity index (χ4n) is 4.48. The third-order valence-corrected chi connectivity index (χ3v) is 6.06. The monoisotopic (exact) mass is 395 g/mol. The van der Waals surface area contributed by atoms with Crippen LogP contribution in [0.4, 0.5) is 0 Å². The minimum absolute atomic E-state index is 0.0222. The Kier molecular flexibility index (Phi) is 5.92. The molecule has 4 heterocycles. The number of nitrogens with one attached hydrogen (secondary N) is 1. The van der Waals surface area contributed by atoms with Crippen molar-refractivity contribution in [2.75, 3.05) is 6.54 Å². The molecule has 7 nitrogen and oxygen atoms in total. The minimum atomic E-state index is -0.218. The molecule has 1 atom stereocenters. The van der Waals surface area contributed by atoms with Crippen LogP contribution >= 0.6 is 0 Å². The maximum Gasteiger partial charge on any atom is 0.290 e. The largest absolute Gasteiger partial charge is 0.347 e. The number of carbonyl (C=O) groups is 2. The highest BCUT2D eigenvalue weighted by atomic mass is 16.2. The van der Waals surface area contributed by atoms with E-state index in [2.05, 4.69) is 22.2 Å². The molecule has 2 aromatic rings. The Labute approximate surface area is 171 Å². The van der Waals surface area contributed by atoms with Crippen LogP contribution in [0.15, 0.2) is 24.5 Å². The third-order valence-electron chi connectivity index (χ3n) is 6.06. The van der Waals surface area contributed by atoms with Crippen molar-refractivity contribution in [2.24, 2.45) is 0 Å². The Hall–Kier alpha value is -2.70. The highest BCUT2D eigenvalue weighted by molar-refractivity contribution is 5.97. The molecule has 154 valence electrons. The van der Waals surface area contributed by atoms with Crippen molar-refractivity contribution in [1.29, 1.82) is 0 Å². The molecule has 7 heteroatoms. The van der Waals surface area contributed by atoms with Gasteiger partial charge in [-0.05, 0) is 56.6 Å². The van der Waals surface area contributed by atoms with E-state index in [0.29, 0.717) is 18.1 Å². The lowest BCUT2D eigenvalue weighted by molar-refractivity contribution is 0.0589. The molecular weight excluding hydrogens is 366 g/mol. The zero-order valence-corrected chi connectivity index (χ0v) is 17.1. The molecule has 2 aliphatic heterocycles. The molecule has 4 rings (SSSR count). The summed E-state index contributed by atoms with van der Waals surface area (Å²) in [5.41, 5.74) is 2.24. The molecule has 0 radical (unpaired) electrons. The molecule has 1 saturated heterocycles. The van der Waals surface area contributed by atoms with Crippen molar-refractivity contribution in [2.45, 2.75) is 71.0 Å². The number of aromatic nitrogens is 3. The summed E-state index contributed by atoms with van der Waals surface area (Å²) < 4.78 is 1.99. The lowest BCUT2D eigenvalue weighted by atomic mass is 10.00. The highest BCUT2D eigenvalue weighted by Gasteiger charge is 2.33. The number of pyridine rings is 1. The number of rotatable bonds is 5. The lowest BCUT2D eigenvalue weighted by Crippen LogP contribution is -2.44. The maximum atomic E-state index is 13.4. The maximum absolute atomic E-state index is 13.4. The number of piperidine rings is 1. The summed E-state index contributed by atoms with van der Waals surface area (Å²) >= 11 is 0. The quantitative estimate of drug-likeness (QED) is 0.844. The van der Waals surface area contributed by atoms with Crippen molar-refractivity contribution >= 4 is 11.8 Å². The number of imidazole rings is 1. The second-order valence-electron chi connectivity index (χ2n) is 7.94. The standard InChI is InChI=1S/C22H29N5O2/c1-2-17-9-3-5-12-26(17)22(29)20-25-19(18-10-4-6-13-27(18)20)21(28)24-15-16-8-7-11-23-14-16/h7-8,11,14,17H,2-6,9-10,12-13,15H2,1H3,(H,24,28). The van der Waals surface area contributed by atoms with Crippen molar-refractivity contribution in [3.05, 3.63) is 47.3 Å². The summed E-state index contributed by atoms with van der Waals surface area (Å²) in [4.78, 5) is 36.9. The van der Waals surface area contributed by atoms with Crippen molar-refractivity contribution in [1.82, 2.24) is 24.8 Å². The summed E-state index contributed by atoms with van der Waals surface area (Å²) in [5.74, 6) is 0.196. The third kappa shape index (κ3) is 4.04. The van der Waals surface area contributed by atoms with E-state index >= 15 is 0 Å². The summed E-state index contributed by atoms with van der Waals surface area (Å²) in [6, 6.07) is 4.04. The van der Waals surface area contributed by atoms with Crippen LogP contribution in [0, 0.1) is 0 Å². The molecule has 1 unspecified atom stereocenters. The predicted molar refractivity (Wildman–Crippen MR) is 110 cm³/mol. The van der Waals surface area contributed by atoms with Crippen LogP contribution in [0.25, 0.3) is 0 Å². The molecule has 2 amide bonds. The van der Waals surface area contributed by atoms with E-state index in [-0.39, 0.29) is 17.9 Å². The molecule has 1 N–H and O–H groups in total. The van der Waals surface area contributed by atoms with Gasteiger partial charge < -0.3 is 14.8 Å². The summed E-state index contributed by atoms with van der Waals surface area (Å²) in [7, 11) is 0. The number of hydrogen-bond donors (Lipinski definition) is 1. The number of nitrogens with zero attached hydrogens (tertiary/aromatic N) is 4. The number of amides is 2.